The highest BCUT2D eigenvalue weighted by atomic mass is 16.6. The van der Waals surface area contributed by atoms with Gasteiger partial charge >= 0.3 is 0 Å². The molecule has 2 aliphatic heterocycles. The van der Waals surface area contributed by atoms with Gasteiger partial charge in [-0.05, 0) is 42.9 Å². The summed E-state index contributed by atoms with van der Waals surface area (Å²) in [6, 6.07) is 0. The van der Waals surface area contributed by atoms with Crippen molar-refractivity contribution in [3.8, 4) is 0 Å². The normalized spacial score (nSPS) is 81.0. The van der Waals surface area contributed by atoms with E-state index in [0.717, 1.165) is 29.6 Å². The summed E-state index contributed by atoms with van der Waals surface area (Å²) in [6.07, 6.45) is 3.23. The van der Waals surface area contributed by atoms with Crippen LogP contribution in [0, 0.1) is 29.6 Å². The second-order valence-corrected chi connectivity index (χ2v) is 6.38. The van der Waals surface area contributed by atoms with Crippen LogP contribution in [0.15, 0.2) is 0 Å². The van der Waals surface area contributed by atoms with Crippen molar-refractivity contribution in [2.75, 3.05) is 0 Å². The molecule has 14 heavy (non-hydrogen) atoms. The van der Waals surface area contributed by atoms with Gasteiger partial charge in [0.15, 0.2) is 0 Å². The zero-order valence-corrected chi connectivity index (χ0v) is 8.64. The summed E-state index contributed by atoms with van der Waals surface area (Å²) >= 11 is 0. The van der Waals surface area contributed by atoms with E-state index in [1.807, 2.05) is 0 Å². The van der Waals surface area contributed by atoms with Crippen LogP contribution in [0.3, 0.4) is 0 Å². The molecule has 0 aromatic rings. The maximum Gasteiger partial charge on any atom is 0.0926 e. The molecule has 2 bridgehead atoms. The molecule has 2 heteroatoms. The van der Waals surface area contributed by atoms with Crippen LogP contribution in [0.25, 0.3) is 0 Å². The average molecular weight is 192 g/mol. The monoisotopic (exact) mass is 192 g/mol. The zero-order valence-electron chi connectivity index (χ0n) is 8.64. The van der Waals surface area contributed by atoms with E-state index in [9.17, 15) is 0 Å². The first-order chi connectivity index (χ1) is 6.71. The zero-order chi connectivity index (χ0) is 9.24. The fraction of sp³-hybridized carbons (Fsp3) is 1.00. The van der Waals surface area contributed by atoms with Gasteiger partial charge in [0.05, 0.1) is 23.9 Å². The number of ether oxygens (including phenoxy) is 2. The summed E-state index contributed by atoms with van der Waals surface area (Å²) in [5.41, 5.74) is 0.294. The van der Waals surface area contributed by atoms with Crippen LogP contribution in [0.1, 0.15) is 20.3 Å². The molecular weight excluding hydrogens is 176 g/mol. The Labute approximate surface area is 84.0 Å². The summed E-state index contributed by atoms with van der Waals surface area (Å²) in [4.78, 5) is 0. The predicted octanol–water partition coefficient (Wildman–Crippen LogP) is 1.44. The summed E-state index contributed by atoms with van der Waals surface area (Å²) < 4.78 is 11.7. The highest BCUT2D eigenvalue weighted by Crippen LogP contribution is 2.74. The summed E-state index contributed by atoms with van der Waals surface area (Å²) in [5.74, 6) is 4.47. The molecule has 0 spiro atoms. The van der Waals surface area contributed by atoms with E-state index in [-0.39, 0.29) is 0 Å². The van der Waals surface area contributed by atoms with Gasteiger partial charge in [0.1, 0.15) is 0 Å². The third-order valence-electron chi connectivity index (χ3n) is 5.90. The lowest BCUT2D eigenvalue weighted by Crippen LogP contribution is -2.27. The van der Waals surface area contributed by atoms with Gasteiger partial charge in [0, 0.05) is 0 Å². The first kappa shape index (κ1) is 7.24. The molecule has 2 heterocycles. The van der Waals surface area contributed by atoms with E-state index in [0.29, 0.717) is 23.9 Å². The number of hydrogen-bond acceptors (Lipinski definition) is 2. The van der Waals surface area contributed by atoms with E-state index in [1.165, 1.54) is 6.42 Å². The van der Waals surface area contributed by atoms with Gasteiger partial charge in [-0.2, -0.15) is 0 Å². The SMILES string of the molecule is CC1C2C3CC4(C)OC4C3C1C1OC12. The van der Waals surface area contributed by atoms with Crippen molar-refractivity contribution >= 4 is 0 Å². The fourth-order valence-corrected chi connectivity index (χ4v) is 5.43. The Hall–Kier alpha value is -0.0800. The van der Waals surface area contributed by atoms with Crippen molar-refractivity contribution in [3.63, 3.8) is 0 Å². The Morgan fingerprint density at radius 3 is 2.79 bits per heavy atom. The van der Waals surface area contributed by atoms with Crippen LogP contribution < -0.4 is 0 Å². The molecule has 2 saturated heterocycles. The Kier molecular flexibility index (Phi) is 0.875. The molecule has 3 saturated carbocycles. The van der Waals surface area contributed by atoms with Gasteiger partial charge in [-0.15, -0.1) is 0 Å². The number of fused-ring (bicyclic) bond motifs is 10. The van der Waals surface area contributed by atoms with Gasteiger partial charge in [0.25, 0.3) is 0 Å². The summed E-state index contributed by atoms with van der Waals surface area (Å²) in [5, 5.41) is 0. The molecule has 0 N–H and O–H groups in total. The maximum absolute atomic E-state index is 5.87. The molecule has 9 unspecified atom stereocenters. The molecule has 9 atom stereocenters. The second-order valence-electron chi connectivity index (χ2n) is 6.38. The minimum absolute atomic E-state index is 0.294. The molecule has 5 aliphatic rings. The van der Waals surface area contributed by atoms with Gasteiger partial charge in [-0.3, -0.25) is 0 Å². The Morgan fingerprint density at radius 2 is 1.93 bits per heavy atom. The second kappa shape index (κ2) is 1.69. The van der Waals surface area contributed by atoms with Crippen LogP contribution >= 0.6 is 0 Å². The Morgan fingerprint density at radius 1 is 1.14 bits per heavy atom. The van der Waals surface area contributed by atoms with Gasteiger partial charge < -0.3 is 9.47 Å². The molecule has 2 nitrogen and oxygen atoms in total. The highest BCUT2D eigenvalue weighted by Gasteiger charge is 2.79. The van der Waals surface area contributed by atoms with Crippen LogP contribution in [-0.2, 0) is 9.47 Å². The minimum Gasteiger partial charge on any atom is -0.369 e. The molecule has 0 aromatic heterocycles. The lowest BCUT2D eigenvalue weighted by Gasteiger charge is -2.23. The first-order valence-corrected chi connectivity index (χ1v) is 6.04. The lowest BCUT2D eigenvalue weighted by molar-refractivity contribution is 0.141. The van der Waals surface area contributed by atoms with Crippen molar-refractivity contribution in [1.29, 1.82) is 0 Å². The number of epoxide rings is 2. The van der Waals surface area contributed by atoms with Gasteiger partial charge in [-0.1, -0.05) is 6.92 Å². The topological polar surface area (TPSA) is 25.1 Å². The van der Waals surface area contributed by atoms with E-state index in [1.54, 1.807) is 0 Å². The van der Waals surface area contributed by atoms with Crippen molar-refractivity contribution < 1.29 is 9.47 Å². The molecule has 76 valence electrons. The average Bonchev–Trinajstić information content (AvgIpc) is 2.95. The van der Waals surface area contributed by atoms with Gasteiger partial charge in [-0.25, -0.2) is 0 Å². The van der Waals surface area contributed by atoms with Crippen LogP contribution in [0.2, 0.25) is 0 Å². The molecule has 5 fully saturated rings. The largest absolute Gasteiger partial charge is 0.369 e. The van der Waals surface area contributed by atoms with Gasteiger partial charge in [0.2, 0.25) is 0 Å². The van der Waals surface area contributed by atoms with Crippen LogP contribution in [-0.4, -0.2) is 23.9 Å². The van der Waals surface area contributed by atoms with Crippen molar-refractivity contribution in [2.45, 2.75) is 44.2 Å². The minimum atomic E-state index is 0.294. The summed E-state index contributed by atoms with van der Waals surface area (Å²) in [7, 11) is 0. The lowest BCUT2D eigenvalue weighted by atomic mass is 9.81. The first-order valence-electron chi connectivity index (χ1n) is 6.04. The number of hydrogen-bond donors (Lipinski definition) is 0. The predicted molar refractivity (Wildman–Crippen MR) is 49.7 cm³/mol. The van der Waals surface area contributed by atoms with E-state index >= 15 is 0 Å². The Bertz CT molecular complexity index is 341. The quantitative estimate of drug-likeness (QED) is 0.543. The molecule has 0 aromatic carbocycles. The van der Waals surface area contributed by atoms with Crippen LogP contribution in [0.5, 0.6) is 0 Å². The van der Waals surface area contributed by atoms with E-state index in [4.69, 9.17) is 9.47 Å². The summed E-state index contributed by atoms with van der Waals surface area (Å²) in [6.45, 7) is 4.76. The van der Waals surface area contributed by atoms with E-state index < -0.39 is 0 Å². The smallest absolute Gasteiger partial charge is 0.0926 e. The third-order valence-corrected chi connectivity index (χ3v) is 5.90. The molecule has 0 amide bonds. The highest BCUT2D eigenvalue weighted by molar-refractivity contribution is 5.26. The third kappa shape index (κ3) is 0.527. The molecular formula is C12H16O2. The fourth-order valence-electron chi connectivity index (χ4n) is 5.43. The van der Waals surface area contributed by atoms with Crippen molar-refractivity contribution in [1.82, 2.24) is 0 Å². The van der Waals surface area contributed by atoms with Crippen molar-refractivity contribution in [3.05, 3.63) is 0 Å². The molecule has 5 rings (SSSR count). The standard InChI is InChI=1S/C12H16O2/c1-4-6-5-3-12(2)11(14-12)8(5)7(4)10-9(6)13-10/h4-11H,3H2,1-2H3. The molecule has 3 aliphatic carbocycles. The molecule has 0 radical (unpaired) electrons. The van der Waals surface area contributed by atoms with Crippen molar-refractivity contribution in [2.24, 2.45) is 29.6 Å². The number of rotatable bonds is 0. The maximum atomic E-state index is 5.87. The van der Waals surface area contributed by atoms with E-state index in [2.05, 4.69) is 13.8 Å². The Balaban J connectivity index is 1.63. The van der Waals surface area contributed by atoms with Crippen LogP contribution in [0.4, 0.5) is 0 Å².